The van der Waals surface area contributed by atoms with Crippen LogP contribution in [0.25, 0.3) is 0 Å². The van der Waals surface area contributed by atoms with E-state index in [2.05, 4.69) is 7.85 Å². The number of hydrogen-bond donors (Lipinski definition) is 0. The number of rotatable bonds is 1. The van der Waals surface area contributed by atoms with Crippen LogP contribution in [0.4, 0.5) is 0 Å². The van der Waals surface area contributed by atoms with Crippen LogP contribution in [0, 0.1) is 11.8 Å². The monoisotopic (exact) mass is 234 g/mol. The standard InChI is InChI=1S/C16H31B/c17-16-12-6-10-15(11-7-13-16)14-8-4-2-1-3-5-9-14/h14-16H,1-13,17H2. The third kappa shape index (κ3) is 4.68. The molecule has 0 radical (unpaired) electrons. The van der Waals surface area contributed by atoms with Gasteiger partial charge in [-0.25, -0.2) is 0 Å². The summed E-state index contributed by atoms with van der Waals surface area (Å²) in [6.45, 7) is 0. The molecule has 2 saturated carbocycles. The topological polar surface area (TPSA) is 0 Å². The van der Waals surface area contributed by atoms with Crippen molar-refractivity contribution in [2.75, 3.05) is 0 Å². The first-order valence-corrected chi connectivity index (χ1v) is 8.36. The van der Waals surface area contributed by atoms with Gasteiger partial charge in [-0.3, -0.25) is 0 Å². The molecule has 0 spiro atoms. The highest BCUT2D eigenvalue weighted by molar-refractivity contribution is 6.11. The van der Waals surface area contributed by atoms with Crippen LogP contribution < -0.4 is 0 Å². The zero-order chi connectivity index (χ0) is 11.9. The van der Waals surface area contributed by atoms with Crippen LogP contribution in [-0.4, -0.2) is 7.85 Å². The largest absolute Gasteiger partial charge is 0.105 e. The van der Waals surface area contributed by atoms with Crippen molar-refractivity contribution in [1.29, 1.82) is 0 Å². The van der Waals surface area contributed by atoms with Crippen LogP contribution >= 0.6 is 0 Å². The SMILES string of the molecule is BC1CCCC(C2CCCCCCC2)CCC1. The molecule has 2 aliphatic carbocycles. The first-order chi connectivity index (χ1) is 8.36. The Balaban J connectivity index is 1.81. The van der Waals surface area contributed by atoms with Crippen LogP contribution in [0.15, 0.2) is 0 Å². The van der Waals surface area contributed by atoms with Crippen molar-refractivity contribution in [2.24, 2.45) is 11.8 Å². The average molecular weight is 234 g/mol. The van der Waals surface area contributed by atoms with E-state index in [1.165, 1.54) is 57.8 Å². The molecular formula is C16H31B. The molecule has 2 fully saturated rings. The van der Waals surface area contributed by atoms with Crippen molar-refractivity contribution in [2.45, 2.75) is 89.3 Å². The summed E-state index contributed by atoms with van der Waals surface area (Å²) in [6.07, 6.45) is 19.8. The summed E-state index contributed by atoms with van der Waals surface area (Å²) in [7, 11) is 2.45. The van der Waals surface area contributed by atoms with Crippen molar-refractivity contribution in [1.82, 2.24) is 0 Å². The predicted molar refractivity (Wildman–Crippen MR) is 79.3 cm³/mol. The maximum absolute atomic E-state index is 2.45. The van der Waals surface area contributed by atoms with Gasteiger partial charge in [-0.2, -0.15) is 0 Å². The molecular weight excluding hydrogens is 203 g/mol. The lowest BCUT2D eigenvalue weighted by Crippen LogP contribution is -2.18. The van der Waals surface area contributed by atoms with E-state index in [0.29, 0.717) is 0 Å². The van der Waals surface area contributed by atoms with Crippen molar-refractivity contribution < 1.29 is 0 Å². The molecule has 0 unspecified atom stereocenters. The summed E-state index contributed by atoms with van der Waals surface area (Å²) >= 11 is 0. The molecule has 0 N–H and O–H groups in total. The van der Waals surface area contributed by atoms with Gasteiger partial charge in [0.2, 0.25) is 0 Å². The molecule has 0 aromatic heterocycles. The molecule has 0 saturated heterocycles. The zero-order valence-electron chi connectivity index (χ0n) is 11.9. The van der Waals surface area contributed by atoms with Crippen LogP contribution in [0.5, 0.6) is 0 Å². The van der Waals surface area contributed by atoms with Crippen molar-refractivity contribution in [3.05, 3.63) is 0 Å². The lowest BCUT2D eigenvalue weighted by atomic mass is 9.71. The normalized spacial score (nSPS) is 34.4. The fourth-order valence-corrected chi connectivity index (χ4v) is 4.18. The van der Waals surface area contributed by atoms with Gasteiger partial charge < -0.3 is 0 Å². The van der Waals surface area contributed by atoms with Gasteiger partial charge in [0.1, 0.15) is 7.85 Å². The second-order valence-corrected chi connectivity index (χ2v) is 6.83. The Labute approximate surface area is 109 Å². The molecule has 0 atom stereocenters. The average Bonchev–Trinajstić information content (AvgIpc) is 2.23. The van der Waals surface area contributed by atoms with E-state index < -0.39 is 0 Å². The highest BCUT2D eigenvalue weighted by atomic mass is 14.3. The molecule has 17 heavy (non-hydrogen) atoms. The lowest BCUT2D eigenvalue weighted by molar-refractivity contribution is 0.221. The van der Waals surface area contributed by atoms with E-state index >= 15 is 0 Å². The van der Waals surface area contributed by atoms with Crippen molar-refractivity contribution >= 4 is 7.85 Å². The molecule has 2 rings (SSSR count). The highest BCUT2D eigenvalue weighted by Gasteiger charge is 2.23. The Morgan fingerprint density at radius 2 is 0.882 bits per heavy atom. The minimum atomic E-state index is 1.01. The van der Waals surface area contributed by atoms with Crippen LogP contribution in [0.3, 0.4) is 0 Å². The molecule has 2 aliphatic rings. The lowest BCUT2D eigenvalue weighted by Gasteiger charge is -2.31. The third-order valence-electron chi connectivity index (χ3n) is 5.36. The Bertz CT molecular complexity index is 184. The molecule has 0 aromatic rings. The van der Waals surface area contributed by atoms with Gasteiger partial charge in [-0.1, -0.05) is 89.3 Å². The van der Waals surface area contributed by atoms with Gasteiger partial charge in [0, 0.05) is 0 Å². The van der Waals surface area contributed by atoms with Crippen LogP contribution in [0.1, 0.15) is 83.5 Å². The van der Waals surface area contributed by atoms with E-state index in [-0.39, 0.29) is 0 Å². The highest BCUT2D eigenvalue weighted by Crippen LogP contribution is 2.37. The maximum Gasteiger partial charge on any atom is 0.105 e. The molecule has 0 aromatic carbocycles. The Morgan fingerprint density at radius 3 is 1.41 bits per heavy atom. The van der Waals surface area contributed by atoms with Gasteiger partial charge in [0.25, 0.3) is 0 Å². The van der Waals surface area contributed by atoms with Crippen molar-refractivity contribution in [3.8, 4) is 0 Å². The summed E-state index contributed by atoms with van der Waals surface area (Å²) in [5.41, 5.74) is 0. The van der Waals surface area contributed by atoms with Crippen molar-refractivity contribution in [3.63, 3.8) is 0 Å². The maximum atomic E-state index is 2.45. The van der Waals surface area contributed by atoms with E-state index in [1.54, 1.807) is 25.7 Å². The molecule has 98 valence electrons. The Hall–Kier alpha value is 0.0649. The fraction of sp³-hybridized carbons (Fsp3) is 1.00. The minimum Gasteiger partial charge on any atom is -0.0697 e. The molecule has 0 aliphatic heterocycles. The zero-order valence-corrected chi connectivity index (χ0v) is 11.9. The molecule has 1 heteroatoms. The summed E-state index contributed by atoms with van der Waals surface area (Å²) in [6, 6.07) is 0. The molecule has 0 nitrogen and oxygen atoms in total. The van der Waals surface area contributed by atoms with Gasteiger partial charge in [0.05, 0.1) is 0 Å². The summed E-state index contributed by atoms with van der Waals surface area (Å²) < 4.78 is 0. The van der Waals surface area contributed by atoms with Crippen LogP contribution in [-0.2, 0) is 0 Å². The fourth-order valence-electron chi connectivity index (χ4n) is 4.18. The van der Waals surface area contributed by atoms with E-state index in [0.717, 1.165) is 17.7 Å². The van der Waals surface area contributed by atoms with E-state index in [1.807, 2.05) is 0 Å². The predicted octanol–water partition coefficient (Wildman–Crippen LogP) is 4.74. The van der Waals surface area contributed by atoms with Gasteiger partial charge >= 0.3 is 0 Å². The first-order valence-electron chi connectivity index (χ1n) is 8.36. The van der Waals surface area contributed by atoms with Gasteiger partial charge in [0.15, 0.2) is 0 Å². The second-order valence-electron chi connectivity index (χ2n) is 6.83. The minimum absolute atomic E-state index is 1.01. The summed E-state index contributed by atoms with van der Waals surface area (Å²) in [5.74, 6) is 3.21. The third-order valence-corrected chi connectivity index (χ3v) is 5.36. The molecule has 0 bridgehead atoms. The Kier molecular flexibility index (Phi) is 5.94. The molecule has 0 amide bonds. The van der Waals surface area contributed by atoms with E-state index in [9.17, 15) is 0 Å². The second kappa shape index (κ2) is 7.49. The Morgan fingerprint density at radius 1 is 0.471 bits per heavy atom. The molecule has 0 heterocycles. The van der Waals surface area contributed by atoms with Crippen LogP contribution in [0.2, 0.25) is 5.82 Å². The summed E-state index contributed by atoms with van der Waals surface area (Å²) in [5, 5.41) is 0. The smallest absolute Gasteiger partial charge is 0.0697 e. The van der Waals surface area contributed by atoms with E-state index in [4.69, 9.17) is 0 Å². The quantitative estimate of drug-likeness (QED) is 0.575. The summed E-state index contributed by atoms with van der Waals surface area (Å²) in [4.78, 5) is 0. The van der Waals surface area contributed by atoms with Gasteiger partial charge in [-0.05, 0) is 11.8 Å². The number of hydrogen-bond acceptors (Lipinski definition) is 0. The first kappa shape index (κ1) is 13.5. The van der Waals surface area contributed by atoms with Gasteiger partial charge in [-0.15, -0.1) is 0 Å².